The second-order valence-corrected chi connectivity index (χ2v) is 12.0. The first kappa shape index (κ1) is 28.3. The van der Waals surface area contributed by atoms with Gasteiger partial charge < -0.3 is 25.4 Å². The Balaban J connectivity index is 1.28. The lowest BCUT2D eigenvalue weighted by Gasteiger charge is -2.36. The molecule has 3 aliphatic heterocycles. The summed E-state index contributed by atoms with van der Waals surface area (Å²) in [7, 11) is 0. The van der Waals surface area contributed by atoms with Gasteiger partial charge in [-0.15, -0.1) is 5.10 Å². The molecule has 0 aliphatic carbocycles. The third-order valence-corrected chi connectivity index (χ3v) is 9.54. The zero-order valence-corrected chi connectivity index (χ0v) is 24.0. The molecule has 4 heterocycles. The van der Waals surface area contributed by atoms with Crippen LogP contribution in [0.5, 0.6) is 0 Å². The Hall–Kier alpha value is -3.83. The molecule has 42 heavy (non-hydrogen) atoms. The average Bonchev–Trinajstić information content (AvgIpc) is 3.67. The van der Waals surface area contributed by atoms with Crippen LogP contribution in [0.4, 0.5) is 0 Å². The fraction of sp³-hybridized carbons (Fsp3) is 0.516. The Morgan fingerprint density at radius 1 is 1.05 bits per heavy atom. The number of carbonyl (C=O) groups is 3. The van der Waals surface area contributed by atoms with Gasteiger partial charge in [0.2, 0.25) is 17.7 Å². The number of hydrogen-bond acceptors (Lipinski definition) is 7. The molecule has 1 aromatic heterocycles. The minimum atomic E-state index is -1.12. The van der Waals surface area contributed by atoms with Crippen molar-refractivity contribution < 1.29 is 24.2 Å². The van der Waals surface area contributed by atoms with Crippen molar-refractivity contribution in [2.45, 2.75) is 70.0 Å². The van der Waals surface area contributed by atoms with Crippen LogP contribution in [-0.4, -0.2) is 73.1 Å². The number of aliphatic hydroxyl groups is 1. The van der Waals surface area contributed by atoms with Crippen molar-refractivity contribution in [3.63, 3.8) is 0 Å². The summed E-state index contributed by atoms with van der Waals surface area (Å²) in [6.07, 6.45) is 2.46. The third-order valence-electron chi connectivity index (χ3n) is 9.54. The number of nitrogens with one attached hydrogen (secondary N) is 2. The van der Waals surface area contributed by atoms with Crippen LogP contribution in [-0.2, 0) is 32.3 Å². The molecule has 6 rings (SSSR count). The van der Waals surface area contributed by atoms with E-state index in [-0.39, 0.29) is 36.9 Å². The zero-order chi connectivity index (χ0) is 29.5. The van der Waals surface area contributed by atoms with Crippen LogP contribution in [0, 0.1) is 17.8 Å². The number of ether oxygens (including phenoxy) is 1. The van der Waals surface area contributed by atoms with Crippen molar-refractivity contribution in [1.29, 1.82) is 0 Å². The van der Waals surface area contributed by atoms with E-state index in [2.05, 4.69) is 20.9 Å². The van der Waals surface area contributed by atoms with Gasteiger partial charge in [-0.1, -0.05) is 54.6 Å². The molecule has 3 aromatic rings. The second kappa shape index (κ2) is 11.1. The summed E-state index contributed by atoms with van der Waals surface area (Å²) < 4.78 is 8.39. The first-order valence-corrected chi connectivity index (χ1v) is 14.8. The molecule has 11 nitrogen and oxygen atoms in total. The molecule has 11 heteroatoms. The van der Waals surface area contributed by atoms with Gasteiger partial charge in [0.15, 0.2) is 0 Å². The molecular weight excluding hydrogens is 536 g/mol. The minimum absolute atomic E-state index is 0.0436. The molecule has 3 fully saturated rings. The number of hydrogen-bond donors (Lipinski definition) is 3. The smallest absolute Gasteiger partial charge is 0.247 e. The molecule has 1 spiro atoms. The molecule has 3 saturated heterocycles. The van der Waals surface area contributed by atoms with Crippen LogP contribution < -0.4 is 10.6 Å². The number of rotatable bonds is 11. The van der Waals surface area contributed by atoms with Crippen LogP contribution in [0.25, 0.3) is 11.0 Å². The largest absolute Gasteiger partial charge is 0.396 e. The van der Waals surface area contributed by atoms with Crippen molar-refractivity contribution >= 4 is 28.8 Å². The molecule has 3 unspecified atom stereocenters. The molecule has 3 N–H and O–H groups in total. The summed E-state index contributed by atoms with van der Waals surface area (Å²) in [5.74, 6) is -2.33. The summed E-state index contributed by atoms with van der Waals surface area (Å²) in [4.78, 5) is 43.7. The Labute approximate surface area is 244 Å². The van der Waals surface area contributed by atoms with Crippen molar-refractivity contribution in [3.8, 4) is 0 Å². The number of fused-ring (bicyclic) bond motifs is 2. The first-order valence-electron chi connectivity index (χ1n) is 14.8. The zero-order valence-electron chi connectivity index (χ0n) is 24.0. The van der Waals surface area contributed by atoms with Crippen molar-refractivity contribution in [1.82, 2.24) is 30.5 Å². The van der Waals surface area contributed by atoms with E-state index in [0.717, 1.165) is 16.6 Å². The topological polar surface area (TPSA) is 139 Å². The fourth-order valence-electron chi connectivity index (χ4n) is 7.43. The van der Waals surface area contributed by atoms with E-state index < -0.39 is 29.1 Å². The Morgan fingerprint density at radius 3 is 2.60 bits per heavy atom. The van der Waals surface area contributed by atoms with Gasteiger partial charge in [-0.2, -0.15) is 0 Å². The molecule has 2 aromatic carbocycles. The summed E-state index contributed by atoms with van der Waals surface area (Å²) in [6.45, 7) is 4.78. The number of amides is 3. The predicted octanol–water partition coefficient (Wildman–Crippen LogP) is 1.99. The quantitative estimate of drug-likeness (QED) is 0.298. The number of nitrogens with zero attached hydrogens (tertiary/aromatic N) is 4. The maximum atomic E-state index is 14.2. The van der Waals surface area contributed by atoms with E-state index >= 15 is 0 Å². The highest BCUT2D eigenvalue weighted by molar-refractivity contribution is 5.99. The van der Waals surface area contributed by atoms with Crippen molar-refractivity contribution in [2.75, 3.05) is 13.2 Å². The fourth-order valence-corrected chi connectivity index (χ4v) is 7.43. The Kier molecular flexibility index (Phi) is 7.48. The molecule has 0 saturated carbocycles. The van der Waals surface area contributed by atoms with Gasteiger partial charge >= 0.3 is 0 Å². The molecule has 3 aliphatic rings. The second-order valence-electron chi connectivity index (χ2n) is 12.0. The normalized spacial score (nSPS) is 29.7. The molecule has 2 bridgehead atoms. The van der Waals surface area contributed by atoms with Crippen molar-refractivity contribution in [3.05, 3.63) is 60.2 Å². The van der Waals surface area contributed by atoms with Crippen LogP contribution in [0.3, 0.4) is 0 Å². The summed E-state index contributed by atoms with van der Waals surface area (Å²) in [5.41, 5.74) is 0.460. The maximum Gasteiger partial charge on any atom is 0.247 e. The van der Waals surface area contributed by atoms with E-state index in [9.17, 15) is 19.5 Å². The number of benzene rings is 2. The number of carbonyl (C=O) groups excluding carboxylic acids is 3. The van der Waals surface area contributed by atoms with E-state index in [4.69, 9.17) is 4.74 Å². The number of para-hydroxylation sites is 1. The van der Waals surface area contributed by atoms with Crippen LogP contribution >= 0.6 is 0 Å². The third kappa shape index (κ3) is 4.55. The number of aromatic nitrogens is 3. The maximum absolute atomic E-state index is 14.2. The average molecular weight is 575 g/mol. The minimum Gasteiger partial charge on any atom is -0.396 e. The van der Waals surface area contributed by atoms with Gasteiger partial charge in [0.1, 0.15) is 23.8 Å². The van der Waals surface area contributed by atoms with Gasteiger partial charge in [0.25, 0.3) is 0 Å². The standard InChI is InChI=1S/C31H38N6O5/c1-20-17-31-25(24(30(20,2)42-31)27(39)32-18-21-11-5-3-6-12-21)29(41)36(15-9-4-10-16-38)26(31)28(40)33-19-37-23-14-8-7-13-22(23)34-35-37/h3,5-8,11-14,20,24-26,38H,4,9-10,15-19H2,1-2H3,(H,32,39)(H,33,40)/t20?,24-,25+,26?,30+,31?/m1/s1. The molecule has 0 radical (unpaired) electrons. The molecule has 6 atom stereocenters. The molecular formula is C31H38N6O5. The Morgan fingerprint density at radius 2 is 1.81 bits per heavy atom. The summed E-state index contributed by atoms with van der Waals surface area (Å²) in [6, 6.07) is 16.2. The lowest BCUT2D eigenvalue weighted by atomic mass is 9.62. The van der Waals surface area contributed by atoms with E-state index in [1.807, 2.05) is 68.4 Å². The SMILES string of the molecule is CC1CC23O[C@]1(C)[C@@H](C(=O)NCc1ccccc1)[C@H]2C(=O)N(CCCCCO)C3C(=O)NCn1nnc2ccccc21. The molecule has 3 amide bonds. The highest BCUT2D eigenvalue weighted by atomic mass is 16.5. The van der Waals surface area contributed by atoms with Gasteiger partial charge in [-0.3, -0.25) is 14.4 Å². The lowest BCUT2D eigenvalue weighted by Crippen LogP contribution is -2.56. The van der Waals surface area contributed by atoms with Crippen molar-refractivity contribution in [2.24, 2.45) is 17.8 Å². The monoisotopic (exact) mass is 574 g/mol. The predicted molar refractivity (Wildman–Crippen MR) is 153 cm³/mol. The number of likely N-dealkylation sites (tertiary alicyclic amines) is 1. The summed E-state index contributed by atoms with van der Waals surface area (Å²) >= 11 is 0. The van der Waals surface area contributed by atoms with Gasteiger partial charge in [-0.25, -0.2) is 4.68 Å². The number of aliphatic hydroxyl groups excluding tert-OH is 1. The molecule has 222 valence electrons. The number of unbranched alkanes of at least 4 members (excludes halogenated alkanes) is 2. The van der Waals surface area contributed by atoms with E-state index in [0.29, 0.717) is 38.8 Å². The first-order chi connectivity index (χ1) is 20.3. The summed E-state index contributed by atoms with van der Waals surface area (Å²) in [5, 5.41) is 23.6. The highest BCUT2D eigenvalue weighted by Gasteiger charge is 2.79. The lowest BCUT2D eigenvalue weighted by molar-refractivity contribution is -0.147. The highest BCUT2D eigenvalue weighted by Crippen LogP contribution is 2.65. The van der Waals surface area contributed by atoms with E-state index in [1.165, 1.54) is 0 Å². The van der Waals surface area contributed by atoms with Crippen LogP contribution in [0.2, 0.25) is 0 Å². The van der Waals surface area contributed by atoms with E-state index in [1.54, 1.807) is 9.58 Å². The van der Waals surface area contributed by atoms with Gasteiger partial charge in [0, 0.05) is 19.7 Å². The Bertz CT molecular complexity index is 1480. The van der Waals surface area contributed by atoms with Gasteiger partial charge in [-0.05, 0) is 56.2 Å². The van der Waals surface area contributed by atoms with Gasteiger partial charge in [0.05, 0.1) is 23.0 Å². The van der Waals surface area contributed by atoms with Crippen LogP contribution in [0.15, 0.2) is 54.6 Å². The van der Waals surface area contributed by atoms with Crippen LogP contribution in [0.1, 0.15) is 45.1 Å².